The van der Waals surface area contributed by atoms with Gasteiger partial charge in [-0.3, -0.25) is 0 Å². The van der Waals surface area contributed by atoms with Crippen molar-refractivity contribution >= 4 is 0 Å². The van der Waals surface area contributed by atoms with Gasteiger partial charge in [0.1, 0.15) is 0 Å². The van der Waals surface area contributed by atoms with E-state index in [0.717, 1.165) is 0 Å². The van der Waals surface area contributed by atoms with Crippen molar-refractivity contribution in [1.82, 2.24) is 0 Å². The third kappa shape index (κ3) is 2.24. The van der Waals surface area contributed by atoms with Gasteiger partial charge in [0.2, 0.25) is 0 Å². The van der Waals surface area contributed by atoms with Crippen molar-refractivity contribution in [2.45, 2.75) is 44.6 Å². The summed E-state index contributed by atoms with van der Waals surface area (Å²) in [6.07, 6.45) is -1.40. The number of rotatable bonds is 3. The highest BCUT2D eigenvalue weighted by Gasteiger charge is 2.51. The molecule has 0 amide bonds. The van der Waals surface area contributed by atoms with Crippen molar-refractivity contribution < 1.29 is 20.1 Å². The first-order valence-corrected chi connectivity index (χ1v) is 5.70. The van der Waals surface area contributed by atoms with Gasteiger partial charge in [0, 0.05) is 5.92 Å². The fraction of sp³-hybridized carbons (Fsp3) is 1.00. The van der Waals surface area contributed by atoms with Crippen LogP contribution in [0.25, 0.3) is 0 Å². The Morgan fingerprint density at radius 1 is 1.38 bits per heavy atom. The van der Waals surface area contributed by atoms with Crippen LogP contribution in [0.4, 0.5) is 0 Å². The zero-order valence-corrected chi connectivity index (χ0v) is 10.1. The van der Waals surface area contributed by atoms with E-state index in [-0.39, 0.29) is 25.0 Å². The van der Waals surface area contributed by atoms with Crippen LogP contribution in [0.15, 0.2) is 0 Å². The highest BCUT2D eigenvalue weighted by Crippen LogP contribution is 2.38. The Morgan fingerprint density at radius 3 is 2.31 bits per heavy atom. The molecule has 96 valence electrons. The lowest BCUT2D eigenvalue weighted by molar-refractivity contribution is -0.232. The van der Waals surface area contributed by atoms with Crippen LogP contribution in [0.5, 0.6) is 0 Å². The summed E-state index contributed by atoms with van der Waals surface area (Å²) in [5, 5.41) is 28.7. The molecule has 0 spiro atoms. The largest absolute Gasteiger partial charge is 0.394 e. The van der Waals surface area contributed by atoms with Gasteiger partial charge in [-0.15, -0.1) is 0 Å². The second-order valence-electron chi connectivity index (χ2n) is 5.15. The molecule has 0 radical (unpaired) electrons. The summed E-state index contributed by atoms with van der Waals surface area (Å²) in [4.78, 5) is 0. The number of aliphatic hydroxyl groups excluding tert-OH is 3. The standard InChI is InChI=1S/C11H23NO4/c1-6(2)8-10(15)9(12)7(4-13)16-11(8,3)5-14/h6-10,13-15H,4-5,12H2,1-3H3. The predicted octanol–water partition coefficient (Wildman–Crippen LogP) is -0.911. The van der Waals surface area contributed by atoms with Gasteiger partial charge in [-0.25, -0.2) is 0 Å². The summed E-state index contributed by atoms with van der Waals surface area (Å²) >= 11 is 0. The van der Waals surface area contributed by atoms with E-state index in [1.165, 1.54) is 0 Å². The zero-order chi connectivity index (χ0) is 12.5. The molecule has 5 heteroatoms. The van der Waals surface area contributed by atoms with Crippen LogP contribution in [0.2, 0.25) is 0 Å². The average Bonchev–Trinajstić information content (AvgIpc) is 2.23. The van der Waals surface area contributed by atoms with Gasteiger partial charge in [0.05, 0.1) is 37.1 Å². The number of hydrogen-bond acceptors (Lipinski definition) is 5. The third-order valence-corrected chi connectivity index (χ3v) is 3.53. The summed E-state index contributed by atoms with van der Waals surface area (Å²) < 4.78 is 5.64. The maximum atomic E-state index is 10.1. The normalized spacial score (nSPS) is 45.0. The number of ether oxygens (including phenoxy) is 1. The summed E-state index contributed by atoms with van der Waals surface area (Å²) in [6, 6.07) is -0.614. The molecule has 1 fully saturated rings. The van der Waals surface area contributed by atoms with Crippen molar-refractivity contribution in [3.63, 3.8) is 0 Å². The maximum Gasteiger partial charge on any atom is 0.0990 e. The van der Waals surface area contributed by atoms with E-state index in [0.29, 0.717) is 0 Å². The van der Waals surface area contributed by atoms with Crippen LogP contribution in [0.3, 0.4) is 0 Å². The number of nitrogens with two attached hydrogens (primary N) is 1. The minimum Gasteiger partial charge on any atom is -0.394 e. The molecule has 1 rings (SSSR count). The quantitative estimate of drug-likeness (QED) is 0.506. The minimum atomic E-state index is -0.850. The van der Waals surface area contributed by atoms with Crippen LogP contribution in [0, 0.1) is 11.8 Å². The van der Waals surface area contributed by atoms with E-state index in [9.17, 15) is 10.2 Å². The molecule has 5 atom stereocenters. The Hall–Kier alpha value is -0.200. The summed E-state index contributed by atoms with van der Waals surface area (Å²) in [5.74, 6) is -0.104. The summed E-state index contributed by atoms with van der Waals surface area (Å²) in [5.41, 5.74) is 4.97. The third-order valence-electron chi connectivity index (χ3n) is 3.53. The molecule has 0 aliphatic carbocycles. The molecule has 1 saturated heterocycles. The highest BCUT2D eigenvalue weighted by atomic mass is 16.5. The van der Waals surface area contributed by atoms with Gasteiger partial charge in [-0.2, -0.15) is 0 Å². The predicted molar refractivity (Wildman–Crippen MR) is 59.8 cm³/mol. The van der Waals surface area contributed by atoms with E-state index in [4.69, 9.17) is 15.6 Å². The molecule has 0 aromatic carbocycles. The first-order chi connectivity index (χ1) is 7.37. The van der Waals surface area contributed by atoms with E-state index < -0.39 is 23.9 Å². The van der Waals surface area contributed by atoms with Crippen LogP contribution >= 0.6 is 0 Å². The molecule has 0 aromatic rings. The van der Waals surface area contributed by atoms with E-state index >= 15 is 0 Å². The average molecular weight is 233 g/mol. The summed E-state index contributed by atoms with van der Waals surface area (Å²) in [6.45, 7) is 5.21. The van der Waals surface area contributed by atoms with Crippen molar-refractivity contribution in [2.75, 3.05) is 13.2 Å². The second-order valence-corrected chi connectivity index (χ2v) is 5.15. The number of hydrogen-bond donors (Lipinski definition) is 4. The molecule has 5 N–H and O–H groups in total. The molecule has 0 aromatic heterocycles. The van der Waals surface area contributed by atoms with E-state index in [2.05, 4.69) is 0 Å². The highest BCUT2D eigenvalue weighted by molar-refractivity contribution is 5.01. The molecule has 5 nitrogen and oxygen atoms in total. The van der Waals surface area contributed by atoms with Gasteiger partial charge >= 0.3 is 0 Å². The van der Waals surface area contributed by atoms with Gasteiger partial charge in [0.15, 0.2) is 0 Å². The molecular weight excluding hydrogens is 210 g/mol. The summed E-state index contributed by atoms with van der Waals surface area (Å²) in [7, 11) is 0. The lowest BCUT2D eigenvalue weighted by Gasteiger charge is -2.50. The van der Waals surface area contributed by atoms with Gasteiger partial charge in [-0.05, 0) is 12.8 Å². The SMILES string of the molecule is CC(C)C1C(O)C(N)C(CO)OC1(C)CO. The Kier molecular flexibility index (Phi) is 4.31. The van der Waals surface area contributed by atoms with Crippen LogP contribution in [-0.2, 0) is 4.74 Å². The van der Waals surface area contributed by atoms with Crippen molar-refractivity contribution in [2.24, 2.45) is 17.6 Å². The van der Waals surface area contributed by atoms with Gasteiger partial charge in [-0.1, -0.05) is 13.8 Å². The first-order valence-electron chi connectivity index (χ1n) is 5.70. The topological polar surface area (TPSA) is 95.9 Å². The van der Waals surface area contributed by atoms with E-state index in [1.807, 2.05) is 13.8 Å². The monoisotopic (exact) mass is 233 g/mol. The lowest BCUT2D eigenvalue weighted by atomic mass is 9.72. The van der Waals surface area contributed by atoms with Crippen molar-refractivity contribution in [3.05, 3.63) is 0 Å². The van der Waals surface area contributed by atoms with Crippen LogP contribution in [-0.4, -0.2) is 52.4 Å². The second kappa shape index (κ2) is 4.98. The maximum absolute atomic E-state index is 10.1. The Bertz CT molecular complexity index is 236. The van der Waals surface area contributed by atoms with Gasteiger partial charge < -0.3 is 25.8 Å². The van der Waals surface area contributed by atoms with E-state index in [1.54, 1.807) is 6.92 Å². The zero-order valence-electron chi connectivity index (χ0n) is 10.1. The Labute approximate surface area is 96.2 Å². The molecule has 1 aliphatic rings. The molecule has 0 bridgehead atoms. The van der Waals surface area contributed by atoms with Crippen LogP contribution in [0.1, 0.15) is 20.8 Å². The molecular formula is C11H23NO4. The Morgan fingerprint density at radius 2 is 1.94 bits per heavy atom. The van der Waals surface area contributed by atoms with Gasteiger partial charge in [0.25, 0.3) is 0 Å². The fourth-order valence-electron chi connectivity index (χ4n) is 2.72. The van der Waals surface area contributed by atoms with Crippen molar-refractivity contribution in [3.8, 4) is 0 Å². The minimum absolute atomic E-state index is 0.137. The molecule has 16 heavy (non-hydrogen) atoms. The van der Waals surface area contributed by atoms with Crippen LogP contribution < -0.4 is 5.73 Å². The van der Waals surface area contributed by atoms with Crippen molar-refractivity contribution in [1.29, 1.82) is 0 Å². The first kappa shape index (κ1) is 13.9. The smallest absolute Gasteiger partial charge is 0.0990 e. The molecule has 0 saturated carbocycles. The number of aliphatic hydroxyl groups is 3. The lowest BCUT2D eigenvalue weighted by Crippen LogP contribution is -2.66. The Balaban J connectivity index is 2.98. The fourth-order valence-corrected chi connectivity index (χ4v) is 2.72. The molecule has 1 aliphatic heterocycles. The molecule has 5 unspecified atom stereocenters. The molecule has 1 heterocycles.